The van der Waals surface area contributed by atoms with Crippen molar-refractivity contribution in [1.29, 1.82) is 0 Å². The van der Waals surface area contributed by atoms with E-state index >= 15 is 0 Å². The van der Waals surface area contributed by atoms with Crippen LogP contribution in [0.5, 0.6) is 0 Å². The van der Waals surface area contributed by atoms with Crippen molar-refractivity contribution in [3.63, 3.8) is 0 Å². The minimum atomic E-state index is -0.102. The summed E-state index contributed by atoms with van der Waals surface area (Å²) in [7, 11) is 1.90. The first kappa shape index (κ1) is 15.2. The Morgan fingerprint density at radius 2 is 2.00 bits per heavy atom. The van der Waals surface area contributed by atoms with Crippen LogP contribution in [0.2, 0.25) is 0 Å². The third kappa shape index (κ3) is 5.67. The Morgan fingerprint density at radius 1 is 1.28 bits per heavy atom. The molecule has 0 fully saturated rings. The maximum absolute atomic E-state index is 5.59. The molecule has 0 unspecified atom stereocenters. The molecule has 4 heteroatoms. The Labute approximate surface area is 110 Å². The van der Waals surface area contributed by atoms with Crippen LogP contribution in [0, 0.1) is 6.92 Å². The van der Waals surface area contributed by atoms with Crippen molar-refractivity contribution >= 4 is 0 Å². The first-order valence-corrected chi connectivity index (χ1v) is 6.37. The predicted molar refractivity (Wildman–Crippen MR) is 71.6 cm³/mol. The van der Waals surface area contributed by atoms with Crippen molar-refractivity contribution in [2.75, 3.05) is 20.3 Å². The minimum absolute atomic E-state index is 0.102. The third-order valence-corrected chi connectivity index (χ3v) is 2.44. The molecule has 104 valence electrons. The number of furan rings is 1. The van der Waals surface area contributed by atoms with Gasteiger partial charge in [0.2, 0.25) is 0 Å². The highest BCUT2D eigenvalue weighted by atomic mass is 16.5. The molecule has 0 atom stereocenters. The Kier molecular flexibility index (Phi) is 5.85. The third-order valence-electron chi connectivity index (χ3n) is 2.44. The summed E-state index contributed by atoms with van der Waals surface area (Å²) >= 11 is 0. The molecule has 0 aliphatic rings. The Hall–Kier alpha value is -0.840. The summed E-state index contributed by atoms with van der Waals surface area (Å²) in [5, 5.41) is 3.06. The predicted octanol–water partition coefficient (Wildman–Crippen LogP) is 2.64. The standard InChI is InChI=1S/C14H25NO3/c1-11-12(8-13(18-11)9-15-5)10-16-6-7-17-14(2,3)4/h8,15H,6-7,9-10H2,1-5H3. The second-order valence-corrected chi connectivity index (χ2v) is 5.34. The number of hydrogen-bond donors (Lipinski definition) is 1. The molecule has 1 aromatic heterocycles. The fourth-order valence-corrected chi connectivity index (χ4v) is 1.58. The van der Waals surface area contributed by atoms with Crippen LogP contribution in [0.4, 0.5) is 0 Å². The van der Waals surface area contributed by atoms with Crippen LogP contribution in [0.25, 0.3) is 0 Å². The van der Waals surface area contributed by atoms with Crippen LogP contribution >= 0.6 is 0 Å². The largest absolute Gasteiger partial charge is 0.465 e. The van der Waals surface area contributed by atoms with E-state index < -0.39 is 0 Å². The molecule has 1 rings (SSSR count). The molecule has 18 heavy (non-hydrogen) atoms. The summed E-state index contributed by atoms with van der Waals surface area (Å²) in [4.78, 5) is 0. The molecule has 0 spiro atoms. The average Bonchev–Trinajstić information content (AvgIpc) is 2.58. The van der Waals surface area contributed by atoms with Crippen LogP contribution in [0.3, 0.4) is 0 Å². The van der Waals surface area contributed by atoms with Gasteiger partial charge in [0, 0.05) is 5.56 Å². The van der Waals surface area contributed by atoms with Gasteiger partial charge < -0.3 is 19.2 Å². The number of rotatable bonds is 7. The second-order valence-electron chi connectivity index (χ2n) is 5.34. The number of aryl methyl sites for hydroxylation is 1. The van der Waals surface area contributed by atoms with Crippen molar-refractivity contribution in [2.45, 2.75) is 46.4 Å². The lowest BCUT2D eigenvalue weighted by molar-refractivity contribution is -0.0378. The molecular formula is C14H25NO3. The van der Waals surface area contributed by atoms with E-state index in [4.69, 9.17) is 13.9 Å². The molecule has 0 aromatic carbocycles. The van der Waals surface area contributed by atoms with Gasteiger partial charge in [-0.25, -0.2) is 0 Å². The van der Waals surface area contributed by atoms with E-state index in [1.54, 1.807) is 0 Å². The highest BCUT2D eigenvalue weighted by Gasteiger charge is 2.10. The van der Waals surface area contributed by atoms with Crippen LogP contribution in [0.15, 0.2) is 10.5 Å². The summed E-state index contributed by atoms with van der Waals surface area (Å²) in [5.74, 6) is 1.87. The van der Waals surface area contributed by atoms with Gasteiger partial charge in [-0.3, -0.25) is 0 Å². The van der Waals surface area contributed by atoms with E-state index in [9.17, 15) is 0 Å². The summed E-state index contributed by atoms with van der Waals surface area (Å²) in [6, 6.07) is 2.04. The zero-order chi connectivity index (χ0) is 13.6. The summed E-state index contributed by atoms with van der Waals surface area (Å²) in [6.45, 7) is 10.6. The minimum Gasteiger partial charge on any atom is -0.465 e. The molecule has 1 aromatic rings. The Bertz CT molecular complexity index is 352. The van der Waals surface area contributed by atoms with E-state index in [2.05, 4.69) is 5.32 Å². The molecule has 0 amide bonds. The zero-order valence-electron chi connectivity index (χ0n) is 12.1. The van der Waals surface area contributed by atoms with Gasteiger partial charge in [0.15, 0.2) is 0 Å². The van der Waals surface area contributed by atoms with Crippen molar-refractivity contribution in [2.24, 2.45) is 0 Å². The van der Waals surface area contributed by atoms with Crippen molar-refractivity contribution in [1.82, 2.24) is 5.32 Å². The fraction of sp³-hybridized carbons (Fsp3) is 0.714. The number of nitrogens with one attached hydrogen (secondary N) is 1. The first-order valence-electron chi connectivity index (χ1n) is 6.37. The lowest BCUT2D eigenvalue weighted by Crippen LogP contribution is -2.21. The van der Waals surface area contributed by atoms with Gasteiger partial charge in [-0.05, 0) is 40.8 Å². The molecule has 1 heterocycles. The zero-order valence-corrected chi connectivity index (χ0v) is 12.1. The maximum atomic E-state index is 5.59. The summed E-state index contributed by atoms with van der Waals surface area (Å²) in [6.07, 6.45) is 0. The van der Waals surface area contributed by atoms with E-state index in [0.717, 1.165) is 23.6 Å². The van der Waals surface area contributed by atoms with Crippen LogP contribution in [0.1, 0.15) is 37.9 Å². The van der Waals surface area contributed by atoms with Gasteiger partial charge in [-0.15, -0.1) is 0 Å². The first-order chi connectivity index (χ1) is 8.42. The molecular weight excluding hydrogens is 230 g/mol. The van der Waals surface area contributed by atoms with E-state index in [1.165, 1.54) is 0 Å². The van der Waals surface area contributed by atoms with Gasteiger partial charge in [0.05, 0.1) is 32.0 Å². The highest BCUT2D eigenvalue weighted by molar-refractivity contribution is 5.19. The van der Waals surface area contributed by atoms with E-state index in [1.807, 2.05) is 40.8 Å². The fourth-order valence-electron chi connectivity index (χ4n) is 1.58. The van der Waals surface area contributed by atoms with Crippen LogP contribution < -0.4 is 5.32 Å². The van der Waals surface area contributed by atoms with Gasteiger partial charge in [-0.1, -0.05) is 0 Å². The van der Waals surface area contributed by atoms with Crippen molar-refractivity contribution in [3.8, 4) is 0 Å². The molecule has 0 bridgehead atoms. The van der Waals surface area contributed by atoms with Gasteiger partial charge in [0.1, 0.15) is 11.5 Å². The molecule has 1 N–H and O–H groups in total. The Balaban J connectivity index is 2.27. The van der Waals surface area contributed by atoms with Gasteiger partial charge in [-0.2, -0.15) is 0 Å². The monoisotopic (exact) mass is 255 g/mol. The molecule has 0 radical (unpaired) electrons. The van der Waals surface area contributed by atoms with E-state index in [0.29, 0.717) is 19.8 Å². The van der Waals surface area contributed by atoms with Gasteiger partial charge in [0.25, 0.3) is 0 Å². The molecule has 0 aliphatic carbocycles. The second kappa shape index (κ2) is 6.92. The molecule has 4 nitrogen and oxygen atoms in total. The smallest absolute Gasteiger partial charge is 0.118 e. The quantitative estimate of drug-likeness (QED) is 0.761. The lowest BCUT2D eigenvalue weighted by atomic mass is 10.2. The summed E-state index contributed by atoms with van der Waals surface area (Å²) < 4.78 is 16.8. The molecule has 0 saturated carbocycles. The van der Waals surface area contributed by atoms with Crippen LogP contribution in [-0.4, -0.2) is 25.9 Å². The molecule has 0 saturated heterocycles. The Morgan fingerprint density at radius 3 is 2.61 bits per heavy atom. The lowest BCUT2D eigenvalue weighted by Gasteiger charge is -2.19. The number of ether oxygens (including phenoxy) is 2. The van der Waals surface area contributed by atoms with E-state index in [-0.39, 0.29) is 5.60 Å². The molecule has 0 aliphatic heterocycles. The summed E-state index contributed by atoms with van der Waals surface area (Å²) in [5.41, 5.74) is 1.01. The SMILES string of the molecule is CNCc1cc(COCCOC(C)(C)C)c(C)o1. The average molecular weight is 255 g/mol. The maximum Gasteiger partial charge on any atom is 0.118 e. The van der Waals surface area contributed by atoms with Crippen molar-refractivity contribution < 1.29 is 13.9 Å². The van der Waals surface area contributed by atoms with Crippen molar-refractivity contribution in [3.05, 3.63) is 23.2 Å². The number of hydrogen-bond acceptors (Lipinski definition) is 4. The normalized spacial score (nSPS) is 12.1. The van der Waals surface area contributed by atoms with Crippen LogP contribution in [-0.2, 0) is 22.6 Å². The van der Waals surface area contributed by atoms with Gasteiger partial charge >= 0.3 is 0 Å². The topological polar surface area (TPSA) is 43.6 Å². The highest BCUT2D eigenvalue weighted by Crippen LogP contribution is 2.15.